The van der Waals surface area contributed by atoms with E-state index in [1.807, 2.05) is 12.1 Å². The van der Waals surface area contributed by atoms with Crippen LogP contribution in [-0.2, 0) is 11.2 Å². The SMILES string of the molecule is COc1ccc(CCC23CCC(CC2=O)C3(C)C)cc1. The van der Waals surface area contributed by atoms with Crippen molar-refractivity contribution in [2.45, 2.75) is 46.0 Å². The molecule has 2 aliphatic carbocycles. The van der Waals surface area contributed by atoms with E-state index < -0.39 is 0 Å². The van der Waals surface area contributed by atoms with Gasteiger partial charge in [0.05, 0.1) is 7.11 Å². The summed E-state index contributed by atoms with van der Waals surface area (Å²) in [6.45, 7) is 4.62. The summed E-state index contributed by atoms with van der Waals surface area (Å²) in [5.41, 5.74) is 1.44. The van der Waals surface area contributed by atoms with Crippen molar-refractivity contribution in [3.05, 3.63) is 29.8 Å². The van der Waals surface area contributed by atoms with Gasteiger partial charge in [0.1, 0.15) is 11.5 Å². The minimum atomic E-state index is -0.0579. The first kappa shape index (κ1) is 13.7. The van der Waals surface area contributed by atoms with Crippen molar-refractivity contribution in [1.29, 1.82) is 0 Å². The largest absolute Gasteiger partial charge is 0.497 e. The molecule has 0 N–H and O–H groups in total. The number of rotatable bonds is 4. The monoisotopic (exact) mass is 272 g/mol. The second-order valence-corrected chi connectivity index (χ2v) is 7.01. The molecule has 0 radical (unpaired) electrons. The highest BCUT2D eigenvalue weighted by Crippen LogP contribution is 2.65. The third-order valence-corrected chi connectivity index (χ3v) is 6.14. The van der Waals surface area contributed by atoms with Crippen LogP contribution in [-0.4, -0.2) is 12.9 Å². The molecule has 2 fully saturated rings. The summed E-state index contributed by atoms with van der Waals surface area (Å²) >= 11 is 0. The lowest BCUT2D eigenvalue weighted by atomic mass is 9.66. The Kier molecular flexibility index (Phi) is 3.15. The summed E-state index contributed by atoms with van der Waals surface area (Å²) in [6, 6.07) is 8.25. The molecule has 2 atom stereocenters. The molecule has 0 amide bonds. The first-order valence-corrected chi connectivity index (χ1v) is 7.66. The van der Waals surface area contributed by atoms with Crippen LogP contribution in [0.4, 0.5) is 0 Å². The molecule has 2 nitrogen and oxygen atoms in total. The molecule has 2 unspecified atom stereocenters. The molecule has 0 spiro atoms. The van der Waals surface area contributed by atoms with E-state index >= 15 is 0 Å². The van der Waals surface area contributed by atoms with Crippen molar-refractivity contribution < 1.29 is 9.53 Å². The van der Waals surface area contributed by atoms with Crippen molar-refractivity contribution in [2.24, 2.45) is 16.7 Å². The van der Waals surface area contributed by atoms with Crippen LogP contribution in [0.25, 0.3) is 0 Å². The maximum absolute atomic E-state index is 12.5. The van der Waals surface area contributed by atoms with Crippen LogP contribution in [0.2, 0.25) is 0 Å². The summed E-state index contributed by atoms with van der Waals surface area (Å²) < 4.78 is 5.19. The number of fused-ring (bicyclic) bond motifs is 2. The van der Waals surface area contributed by atoms with Gasteiger partial charge in [-0.15, -0.1) is 0 Å². The van der Waals surface area contributed by atoms with Gasteiger partial charge in [0.2, 0.25) is 0 Å². The minimum Gasteiger partial charge on any atom is -0.497 e. The maximum Gasteiger partial charge on any atom is 0.139 e. The normalized spacial score (nSPS) is 30.8. The second-order valence-electron chi connectivity index (χ2n) is 7.01. The summed E-state index contributed by atoms with van der Waals surface area (Å²) in [5, 5.41) is 0. The van der Waals surface area contributed by atoms with E-state index in [-0.39, 0.29) is 10.8 Å². The number of benzene rings is 1. The van der Waals surface area contributed by atoms with Crippen LogP contribution >= 0.6 is 0 Å². The number of ketones is 1. The van der Waals surface area contributed by atoms with Gasteiger partial charge in [0.15, 0.2) is 0 Å². The second kappa shape index (κ2) is 4.61. The Morgan fingerprint density at radius 2 is 1.95 bits per heavy atom. The van der Waals surface area contributed by atoms with Crippen LogP contribution in [0.15, 0.2) is 24.3 Å². The number of ether oxygens (including phenoxy) is 1. The number of aryl methyl sites for hydroxylation is 1. The lowest BCUT2D eigenvalue weighted by molar-refractivity contribution is -0.129. The number of carbonyl (C=O) groups is 1. The predicted molar refractivity (Wildman–Crippen MR) is 79.9 cm³/mol. The Morgan fingerprint density at radius 1 is 1.25 bits per heavy atom. The Morgan fingerprint density at radius 3 is 2.45 bits per heavy atom. The Balaban J connectivity index is 1.75. The topological polar surface area (TPSA) is 26.3 Å². The summed E-state index contributed by atoms with van der Waals surface area (Å²) in [4.78, 5) is 12.5. The molecular weight excluding hydrogens is 248 g/mol. The molecule has 0 saturated heterocycles. The third kappa shape index (κ3) is 1.81. The van der Waals surface area contributed by atoms with Gasteiger partial charge in [0.25, 0.3) is 0 Å². The summed E-state index contributed by atoms with van der Waals surface area (Å²) in [6.07, 6.45) is 5.14. The van der Waals surface area contributed by atoms with Crippen molar-refractivity contribution >= 4 is 5.78 Å². The van der Waals surface area contributed by atoms with Gasteiger partial charge in [-0.2, -0.15) is 0 Å². The van der Waals surface area contributed by atoms with Crippen LogP contribution in [0.3, 0.4) is 0 Å². The van der Waals surface area contributed by atoms with Crippen molar-refractivity contribution in [1.82, 2.24) is 0 Å². The number of hydrogen-bond acceptors (Lipinski definition) is 2. The fraction of sp³-hybridized carbons (Fsp3) is 0.611. The molecule has 2 heteroatoms. The minimum absolute atomic E-state index is 0.0579. The number of methoxy groups -OCH3 is 1. The van der Waals surface area contributed by atoms with E-state index in [1.54, 1.807) is 7.11 Å². The smallest absolute Gasteiger partial charge is 0.139 e. The summed E-state index contributed by atoms with van der Waals surface area (Å²) in [7, 11) is 1.69. The molecule has 2 saturated carbocycles. The third-order valence-electron chi connectivity index (χ3n) is 6.14. The van der Waals surface area contributed by atoms with Gasteiger partial charge in [0, 0.05) is 11.8 Å². The van der Waals surface area contributed by atoms with Crippen LogP contribution in [0, 0.1) is 16.7 Å². The summed E-state index contributed by atoms with van der Waals surface area (Å²) in [5.74, 6) is 2.03. The highest BCUT2D eigenvalue weighted by molar-refractivity contribution is 5.89. The molecule has 2 bridgehead atoms. The van der Waals surface area contributed by atoms with E-state index in [0.29, 0.717) is 11.7 Å². The molecule has 1 aromatic rings. The average Bonchev–Trinajstić information content (AvgIpc) is 2.80. The first-order chi connectivity index (χ1) is 9.49. The highest BCUT2D eigenvalue weighted by Gasteiger charge is 2.63. The van der Waals surface area contributed by atoms with Gasteiger partial charge < -0.3 is 4.74 Å². The standard InChI is InChI=1S/C18H24O2/c1-17(2)14-9-11-18(17,16(19)12-14)10-8-13-4-6-15(20-3)7-5-13/h4-7,14H,8-12H2,1-3H3. The molecular formula is C18H24O2. The molecule has 1 aromatic carbocycles. The molecule has 2 aliphatic rings. The molecule has 3 rings (SSSR count). The fourth-order valence-electron chi connectivity index (χ4n) is 4.51. The zero-order valence-electron chi connectivity index (χ0n) is 12.7. The van der Waals surface area contributed by atoms with Crippen molar-refractivity contribution in [2.75, 3.05) is 7.11 Å². The number of hydrogen-bond donors (Lipinski definition) is 0. The quantitative estimate of drug-likeness (QED) is 0.827. The lowest BCUT2D eigenvalue weighted by Gasteiger charge is -2.36. The van der Waals surface area contributed by atoms with Crippen LogP contribution < -0.4 is 4.74 Å². The number of Topliss-reactive ketones (excluding diaryl/α,β-unsaturated/α-hetero) is 1. The molecule has 0 aromatic heterocycles. The van der Waals surface area contributed by atoms with Gasteiger partial charge in [-0.3, -0.25) is 4.79 Å². The predicted octanol–water partition coefficient (Wildman–Crippen LogP) is 4.02. The van der Waals surface area contributed by atoms with E-state index in [1.165, 1.54) is 12.0 Å². The van der Waals surface area contributed by atoms with Crippen molar-refractivity contribution in [3.8, 4) is 5.75 Å². The van der Waals surface area contributed by atoms with E-state index in [2.05, 4.69) is 26.0 Å². The first-order valence-electron chi connectivity index (χ1n) is 7.66. The Hall–Kier alpha value is -1.31. The van der Waals surface area contributed by atoms with Crippen LogP contribution in [0.1, 0.15) is 45.1 Å². The van der Waals surface area contributed by atoms with Gasteiger partial charge in [-0.05, 0) is 54.7 Å². The maximum atomic E-state index is 12.5. The van der Waals surface area contributed by atoms with Crippen LogP contribution in [0.5, 0.6) is 5.75 Å². The Labute approximate surface area is 121 Å². The number of carbonyl (C=O) groups excluding carboxylic acids is 1. The molecule has 0 aliphatic heterocycles. The van der Waals surface area contributed by atoms with E-state index in [9.17, 15) is 4.79 Å². The van der Waals surface area contributed by atoms with E-state index in [4.69, 9.17) is 4.74 Å². The van der Waals surface area contributed by atoms with Crippen molar-refractivity contribution in [3.63, 3.8) is 0 Å². The average molecular weight is 272 g/mol. The molecule has 108 valence electrons. The lowest BCUT2D eigenvalue weighted by Crippen LogP contribution is -2.36. The highest BCUT2D eigenvalue weighted by atomic mass is 16.5. The molecule has 0 heterocycles. The Bertz CT molecular complexity index is 515. The van der Waals surface area contributed by atoms with E-state index in [0.717, 1.165) is 31.4 Å². The van der Waals surface area contributed by atoms with Gasteiger partial charge in [-0.25, -0.2) is 0 Å². The van der Waals surface area contributed by atoms with Gasteiger partial charge >= 0.3 is 0 Å². The zero-order chi connectivity index (χ0) is 14.4. The van der Waals surface area contributed by atoms with Gasteiger partial charge in [-0.1, -0.05) is 26.0 Å². The fourth-order valence-corrected chi connectivity index (χ4v) is 4.51. The zero-order valence-corrected chi connectivity index (χ0v) is 12.7. The molecule has 20 heavy (non-hydrogen) atoms.